The Morgan fingerprint density at radius 1 is 1.11 bits per heavy atom. The monoisotopic (exact) mass is 264 g/mol. The molecule has 1 aliphatic heterocycles. The van der Waals surface area contributed by atoms with E-state index in [9.17, 15) is 9.59 Å². The van der Waals surface area contributed by atoms with Crippen LogP contribution in [0.2, 0.25) is 5.02 Å². The van der Waals surface area contributed by atoms with Crippen LogP contribution in [0.15, 0.2) is 29.4 Å². The van der Waals surface area contributed by atoms with E-state index >= 15 is 0 Å². The Labute approximate surface area is 110 Å². The van der Waals surface area contributed by atoms with E-state index in [1.54, 1.807) is 24.3 Å². The summed E-state index contributed by atoms with van der Waals surface area (Å²) in [5.41, 5.74) is 0.261. The summed E-state index contributed by atoms with van der Waals surface area (Å²) in [5, 5.41) is 5.92. The van der Waals surface area contributed by atoms with E-state index in [2.05, 4.69) is 5.10 Å². The highest BCUT2D eigenvalue weighted by atomic mass is 35.5. The molecule has 0 aromatic heterocycles. The fourth-order valence-corrected chi connectivity index (χ4v) is 1.77. The van der Waals surface area contributed by atoms with Gasteiger partial charge in [0.05, 0.1) is 5.54 Å². The highest BCUT2D eigenvalue weighted by Gasteiger charge is 2.40. The fraction of sp³-hybridized carbons (Fsp3) is 0.308. The van der Waals surface area contributed by atoms with Crippen LogP contribution in [0.4, 0.5) is 0 Å². The summed E-state index contributed by atoms with van der Waals surface area (Å²) < 4.78 is 0. The third kappa shape index (κ3) is 2.16. The van der Waals surface area contributed by atoms with E-state index in [-0.39, 0.29) is 5.71 Å². The molecule has 0 fully saturated rings. The van der Waals surface area contributed by atoms with E-state index in [4.69, 9.17) is 11.6 Å². The SMILES string of the molecule is CC(C)(C)N1N=C(c2ccc(Cl)cc2)C(=O)C1=O. The van der Waals surface area contributed by atoms with Crippen LogP contribution in [-0.4, -0.2) is 27.9 Å². The van der Waals surface area contributed by atoms with Crippen LogP contribution in [0.25, 0.3) is 0 Å². The second kappa shape index (κ2) is 4.21. The lowest BCUT2D eigenvalue weighted by molar-refractivity contribution is -0.142. The van der Waals surface area contributed by atoms with Crippen molar-refractivity contribution in [3.05, 3.63) is 34.9 Å². The molecule has 1 heterocycles. The first-order valence-corrected chi connectivity index (χ1v) is 5.92. The van der Waals surface area contributed by atoms with Gasteiger partial charge in [-0.05, 0) is 32.9 Å². The second-order valence-corrected chi connectivity index (χ2v) is 5.51. The van der Waals surface area contributed by atoms with Gasteiger partial charge in [-0.1, -0.05) is 23.7 Å². The summed E-state index contributed by atoms with van der Waals surface area (Å²) in [6, 6.07) is 6.69. The first kappa shape index (κ1) is 12.8. The molecule has 0 N–H and O–H groups in total. The fourth-order valence-electron chi connectivity index (χ4n) is 1.64. The van der Waals surface area contributed by atoms with Gasteiger partial charge in [-0.25, -0.2) is 5.01 Å². The van der Waals surface area contributed by atoms with Crippen LogP contribution in [-0.2, 0) is 9.59 Å². The first-order chi connectivity index (χ1) is 8.30. The lowest BCUT2D eigenvalue weighted by Crippen LogP contribution is -2.41. The number of hydrogen-bond donors (Lipinski definition) is 0. The van der Waals surface area contributed by atoms with Crippen LogP contribution in [0.1, 0.15) is 26.3 Å². The van der Waals surface area contributed by atoms with Gasteiger partial charge < -0.3 is 0 Å². The van der Waals surface area contributed by atoms with Crippen LogP contribution in [0.5, 0.6) is 0 Å². The number of ketones is 1. The molecule has 0 unspecified atom stereocenters. The molecule has 0 spiro atoms. The highest BCUT2D eigenvalue weighted by molar-refractivity contribution is 6.69. The van der Waals surface area contributed by atoms with E-state index in [0.29, 0.717) is 10.6 Å². The number of Topliss-reactive ketones (excluding diaryl/α,β-unsaturated/α-hetero) is 1. The molecule has 2 rings (SSSR count). The molecule has 0 atom stereocenters. The third-order valence-corrected chi connectivity index (χ3v) is 2.81. The molecule has 0 bridgehead atoms. The number of halogens is 1. The molecule has 0 saturated heterocycles. The maximum Gasteiger partial charge on any atom is 0.317 e. The molecule has 5 heteroatoms. The molecule has 1 amide bonds. The highest BCUT2D eigenvalue weighted by Crippen LogP contribution is 2.22. The van der Waals surface area contributed by atoms with Crippen molar-refractivity contribution in [1.29, 1.82) is 0 Å². The Hall–Kier alpha value is -1.68. The number of rotatable bonds is 1. The number of carbonyl (C=O) groups is 2. The number of benzene rings is 1. The lowest BCUT2D eigenvalue weighted by Gasteiger charge is -2.26. The molecule has 0 aliphatic carbocycles. The largest absolute Gasteiger partial charge is 0.317 e. The van der Waals surface area contributed by atoms with Crippen LogP contribution >= 0.6 is 11.6 Å². The van der Waals surface area contributed by atoms with Gasteiger partial charge in [0.2, 0.25) is 0 Å². The molecule has 94 valence electrons. The molecular weight excluding hydrogens is 252 g/mol. The minimum Gasteiger partial charge on any atom is -0.281 e. The van der Waals surface area contributed by atoms with Crippen molar-refractivity contribution in [2.75, 3.05) is 0 Å². The van der Waals surface area contributed by atoms with Crippen LogP contribution < -0.4 is 0 Å². The third-order valence-electron chi connectivity index (χ3n) is 2.55. The van der Waals surface area contributed by atoms with Crippen molar-refractivity contribution in [2.45, 2.75) is 26.3 Å². The summed E-state index contributed by atoms with van der Waals surface area (Å²) in [6.07, 6.45) is 0. The molecular formula is C13H13ClN2O2. The standard InChI is InChI=1S/C13H13ClN2O2/c1-13(2,3)16-12(18)11(17)10(15-16)8-4-6-9(14)7-5-8/h4-7H,1-3H3. The number of nitrogens with zero attached hydrogens (tertiary/aromatic N) is 2. The van der Waals surface area contributed by atoms with Crippen molar-refractivity contribution in [2.24, 2.45) is 5.10 Å². The summed E-state index contributed by atoms with van der Waals surface area (Å²) in [4.78, 5) is 23.7. The number of hydrazone groups is 1. The van der Waals surface area contributed by atoms with Crippen molar-refractivity contribution >= 4 is 29.0 Å². The minimum absolute atomic E-state index is 0.173. The van der Waals surface area contributed by atoms with Crippen LogP contribution in [0, 0.1) is 0 Å². The average Bonchev–Trinajstić information content (AvgIpc) is 2.57. The summed E-state index contributed by atoms with van der Waals surface area (Å²) >= 11 is 5.78. The van der Waals surface area contributed by atoms with Gasteiger partial charge in [0.25, 0.3) is 5.78 Å². The smallest absolute Gasteiger partial charge is 0.281 e. The summed E-state index contributed by atoms with van der Waals surface area (Å²) in [5.74, 6) is -1.17. The topological polar surface area (TPSA) is 49.7 Å². The van der Waals surface area contributed by atoms with Crippen molar-refractivity contribution in [1.82, 2.24) is 5.01 Å². The minimum atomic E-state index is -0.590. The normalized spacial score (nSPS) is 16.2. The van der Waals surface area contributed by atoms with E-state index in [1.165, 1.54) is 5.01 Å². The Morgan fingerprint density at radius 2 is 1.67 bits per heavy atom. The van der Waals surface area contributed by atoms with Crippen molar-refractivity contribution in [3.8, 4) is 0 Å². The second-order valence-electron chi connectivity index (χ2n) is 5.07. The quantitative estimate of drug-likeness (QED) is 0.731. The predicted molar refractivity (Wildman–Crippen MR) is 69.6 cm³/mol. The zero-order chi connectivity index (χ0) is 13.5. The van der Waals surface area contributed by atoms with Gasteiger partial charge in [0.1, 0.15) is 5.71 Å². The average molecular weight is 265 g/mol. The molecule has 1 aliphatic rings. The van der Waals surface area contributed by atoms with E-state index in [1.807, 2.05) is 20.8 Å². The Balaban J connectivity index is 2.42. The van der Waals surface area contributed by atoms with Crippen molar-refractivity contribution in [3.63, 3.8) is 0 Å². The van der Waals surface area contributed by atoms with Gasteiger partial charge >= 0.3 is 5.91 Å². The molecule has 4 nitrogen and oxygen atoms in total. The Morgan fingerprint density at radius 3 is 2.11 bits per heavy atom. The van der Waals surface area contributed by atoms with Gasteiger partial charge in [-0.2, -0.15) is 5.10 Å². The zero-order valence-electron chi connectivity index (χ0n) is 10.4. The molecule has 0 saturated carbocycles. The number of hydrogen-bond acceptors (Lipinski definition) is 3. The lowest BCUT2D eigenvalue weighted by atomic mass is 10.1. The van der Waals surface area contributed by atoms with Gasteiger partial charge in [0.15, 0.2) is 0 Å². The van der Waals surface area contributed by atoms with E-state index < -0.39 is 17.2 Å². The van der Waals surface area contributed by atoms with Gasteiger partial charge in [0, 0.05) is 10.6 Å². The van der Waals surface area contributed by atoms with Gasteiger partial charge in [-0.15, -0.1) is 0 Å². The summed E-state index contributed by atoms with van der Waals surface area (Å²) in [7, 11) is 0. The summed E-state index contributed by atoms with van der Waals surface area (Å²) in [6.45, 7) is 5.48. The zero-order valence-corrected chi connectivity index (χ0v) is 11.2. The number of amides is 1. The number of carbonyl (C=O) groups excluding carboxylic acids is 2. The predicted octanol–water partition coefficient (Wildman–Crippen LogP) is 2.25. The molecule has 0 radical (unpaired) electrons. The van der Waals surface area contributed by atoms with Gasteiger partial charge in [-0.3, -0.25) is 9.59 Å². The maximum atomic E-state index is 11.9. The Bertz CT molecular complexity index is 541. The van der Waals surface area contributed by atoms with E-state index in [0.717, 1.165) is 0 Å². The maximum absolute atomic E-state index is 11.9. The Kier molecular flexibility index (Phi) is 2.99. The van der Waals surface area contributed by atoms with Crippen LogP contribution in [0.3, 0.4) is 0 Å². The molecule has 18 heavy (non-hydrogen) atoms. The first-order valence-electron chi connectivity index (χ1n) is 5.54. The van der Waals surface area contributed by atoms with Crippen molar-refractivity contribution < 1.29 is 9.59 Å². The molecule has 1 aromatic rings. The molecule has 1 aromatic carbocycles.